The predicted octanol–water partition coefficient (Wildman–Crippen LogP) is 5.40. The van der Waals surface area contributed by atoms with Crippen LogP contribution in [0.1, 0.15) is 35.1 Å². The molecular formula is C23H27BrO2. The lowest BCUT2D eigenvalue weighted by atomic mass is 9.74. The van der Waals surface area contributed by atoms with E-state index < -0.39 is 5.60 Å². The average Bonchev–Trinajstić information content (AvgIpc) is 3.03. The van der Waals surface area contributed by atoms with Crippen LogP contribution in [-0.2, 0) is 10.3 Å². The zero-order valence-electron chi connectivity index (χ0n) is 15.6. The molecule has 138 valence electrons. The van der Waals surface area contributed by atoms with Gasteiger partial charge >= 0.3 is 0 Å². The molecule has 1 fully saturated rings. The van der Waals surface area contributed by atoms with Gasteiger partial charge in [0.2, 0.25) is 0 Å². The molecule has 0 spiro atoms. The third-order valence-corrected chi connectivity index (χ3v) is 6.40. The summed E-state index contributed by atoms with van der Waals surface area (Å²) in [4.78, 5) is 0. The molecule has 1 N–H and O–H groups in total. The van der Waals surface area contributed by atoms with Crippen LogP contribution in [0.4, 0.5) is 0 Å². The van der Waals surface area contributed by atoms with Gasteiger partial charge in [0.15, 0.2) is 0 Å². The van der Waals surface area contributed by atoms with Gasteiger partial charge in [0.25, 0.3) is 0 Å². The molecule has 1 heterocycles. The first-order valence-corrected chi connectivity index (χ1v) is 10.2. The molecule has 0 saturated carbocycles. The van der Waals surface area contributed by atoms with E-state index in [1.165, 1.54) is 11.1 Å². The normalized spacial score (nSPS) is 25.4. The van der Waals surface area contributed by atoms with Gasteiger partial charge in [-0.15, -0.1) is 0 Å². The molecule has 0 aliphatic carbocycles. The Morgan fingerprint density at radius 2 is 1.65 bits per heavy atom. The van der Waals surface area contributed by atoms with Crippen molar-refractivity contribution in [2.24, 2.45) is 5.41 Å². The summed E-state index contributed by atoms with van der Waals surface area (Å²) in [7, 11) is 0. The Hall–Kier alpha value is -1.42. The zero-order chi connectivity index (χ0) is 18.8. The summed E-state index contributed by atoms with van der Waals surface area (Å²) in [5.41, 5.74) is 5.12. The molecule has 26 heavy (non-hydrogen) atoms. The summed E-state index contributed by atoms with van der Waals surface area (Å²) < 4.78 is 6.33. The third-order valence-electron chi connectivity index (χ3n) is 5.49. The van der Waals surface area contributed by atoms with E-state index in [2.05, 4.69) is 84.9 Å². The number of rotatable bonds is 6. The Labute approximate surface area is 165 Å². The van der Waals surface area contributed by atoms with Crippen LogP contribution in [0.2, 0.25) is 0 Å². The maximum absolute atomic E-state index is 10.2. The summed E-state index contributed by atoms with van der Waals surface area (Å²) in [6.07, 6.45) is 1.50. The first-order chi connectivity index (χ1) is 12.4. The molecule has 0 amide bonds. The number of aliphatic hydroxyl groups is 1. The first kappa shape index (κ1) is 19.3. The molecule has 2 aromatic rings. The van der Waals surface area contributed by atoms with Crippen molar-refractivity contribution >= 4 is 21.5 Å². The monoisotopic (exact) mass is 414 g/mol. The minimum absolute atomic E-state index is 0.0957. The van der Waals surface area contributed by atoms with E-state index in [9.17, 15) is 5.11 Å². The number of ether oxygens (including phenoxy) is 1. The van der Waals surface area contributed by atoms with Crippen LogP contribution in [0, 0.1) is 19.3 Å². The highest BCUT2D eigenvalue weighted by atomic mass is 79.9. The molecule has 0 bridgehead atoms. The van der Waals surface area contributed by atoms with E-state index in [0.29, 0.717) is 11.9 Å². The van der Waals surface area contributed by atoms with Crippen LogP contribution in [0.15, 0.2) is 55.1 Å². The molecule has 2 aromatic carbocycles. The van der Waals surface area contributed by atoms with E-state index in [0.717, 1.165) is 29.5 Å². The number of alkyl halides is 1. The lowest BCUT2D eigenvalue weighted by Crippen LogP contribution is -2.31. The molecule has 3 heteroatoms. The van der Waals surface area contributed by atoms with Gasteiger partial charge in [0.05, 0.1) is 13.2 Å². The molecular weight excluding hydrogens is 388 g/mol. The lowest BCUT2D eigenvalue weighted by molar-refractivity contribution is 0.0147. The number of allylic oxidation sites excluding steroid dienone is 1. The van der Waals surface area contributed by atoms with Crippen LogP contribution < -0.4 is 0 Å². The Bertz CT molecular complexity index is 766. The second-order valence-corrected chi connectivity index (χ2v) is 8.32. The van der Waals surface area contributed by atoms with Crippen LogP contribution in [0.25, 0.3) is 5.57 Å². The van der Waals surface area contributed by atoms with E-state index in [-0.39, 0.29) is 12.0 Å². The van der Waals surface area contributed by atoms with Crippen molar-refractivity contribution in [1.82, 2.24) is 0 Å². The van der Waals surface area contributed by atoms with Crippen molar-refractivity contribution < 1.29 is 9.84 Å². The molecule has 2 atom stereocenters. The van der Waals surface area contributed by atoms with E-state index in [4.69, 9.17) is 4.74 Å². The molecule has 1 aliphatic rings. The SMILES string of the molecule is C=C(C[C@@]1(CO)CO[C@@](CBr)(c2ccc(C)cc2)C1)c1ccc(C)cc1. The van der Waals surface area contributed by atoms with Gasteiger partial charge in [-0.05, 0) is 43.4 Å². The molecule has 0 aromatic heterocycles. The van der Waals surface area contributed by atoms with Crippen molar-refractivity contribution in [2.75, 3.05) is 18.5 Å². The fourth-order valence-corrected chi connectivity index (χ4v) is 4.50. The standard InChI is InChI=1S/C23H27BrO2/c1-17-4-8-20(9-5-17)19(3)12-22(15-25)13-23(14-24,26-16-22)21-10-6-18(2)7-11-21/h4-11,25H,3,12-16H2,1-2H3/t22-,23+/m1/s1. The van der Waals surface area contributed by atoms with Gasteiger partial charge in [-0.3, -0.25) is 0 Å². The quantitative estimate of drug-likeness (QED) is 0.641. The fraction of sp³-hybridized carbons (Fsp3) is 0.391. The summed E-state index contributed by atoms with van der Waals surface area (Å²) in [5, 5.41) is 10.9. The fourth-order valence-electron chi connectivity index (χ4n) is 3.82. The second-order valence-electron chi connectivity index (χ2n) is 7.76. The Morgan fingerprint density at radius 3 is 2.19 bits per heavy atom. The van der Waals surface area contributed by atoms with E-state index >= 15 is 0 Å². The highest BCUT2D eigenvalue weighted by molar-refractivity contribution is 9.09. The Kier molecular flexibility index (Phi) is 5.71. The Morgan fingerprint density at radius 1 is 1.08 bits per heavy atom. The van der Waals surface area contributed by atoms with Crippen LogP contribution in [-0.4, -0.2) is 23.7 Å². The molecule has 1 saturated heterocycles. The van der Waals surface area contributed by atoms with Gasteiger partial charge in [-0.1, -0.05) is 82.2 Å². The van der Waals surface area contributed by atoms with Gasteiger partial charge in [0, 0.05) is 10.7 Å². The average molecular weight is 415 g/mol. The largest absolute Gasteiger partial charge is 0.396 e. The van der Waals surface area contributed by atoms with Gasteiger partial charge in [-0.2, -0.15) is 0 Å². The number of aryl methyl sites for hydroxylation is 2. The zero-order valence-corrected chi connectivity index (χ0v) is 17.2. The maximum atomic E-state index is 10.2. The van der Waals surface area contributed by atoms with Crippen molar-refractivity contribution in [2.45, 2.75) is 32.3 Å². The number of hydrogen-bond acceptors (Lipinski definition) is 2. The second kappa shape index (κ2) is 7.67. The van der Waals surface area contributed by atoms with Gasteiger partial charge in [0.1, 0.15) is 5.60 Å². The molecule has 0 unspecified atom stereocenters. The minimum atomic E-state index is -0.399. The number of benzene rings is 2. The van der Waals surface area contributed by atoms with Crippen molar-refractivity contribution in [1.29, 1.82) is 0 Å². The van der Waals surface area contributed by atoms with E-state index in [1.54, 1.807) is 0 Å². The van der Waals surface area contributed by atoms with Crippen LogP contribution in [0.5, 0.6) is 0 Å². The predicted molar refractivity (Wildman–Crippen MR) is 112 cm³/mol. The Balaban J connectivity index is 1.83. The summed E-state index contributed by atoms with van der Waals surface area (Å²) in [6, 6.07) is 16.9. The lowest BCUT2D eigenvalue weighted by Gasteiger charge is -2.30. The van der Waals surface area contributed by atoms with Crippen LogP contribution >= 0.6 is 15.9 Å². The molecule has 3 rings (SSSR count). The number of halogens is 1. The summed E-state index contributed by atoms with van der Waals surface area (Å²) in [5.74, 6) is 0. The van der Waals surface area contributed by atoms with Crippen molar-refractivity contribution in [3.63, 3.8) is 0 Å². The maximum Gasteiger partial charge on any atom is 0.103 e. The van der Waals surface area contributed by atoms with Crippen molar-refractivity contribution in [3.05, 3.63) is 77.4 Å². The molecule has 0 radical (unpaired) electrons. The topological polar surface area (TPSA) is 29.5 Å². The highest BCUT2D eigenvalue weighted by Gasteiger charge is 2.49. The molecule has 2 nitrogen and oxygen atoms in total. The smallest absolute Gasteiger partial charge is 0.103 e. The van der Waals surface area contributed by atoms with Gasteiger partial charge < -0.3 is 9.84 Å². The van der Waals surface area contributed by atoms with Gasteiger partial charge in [-0.25, -0.2) is 0 Å². The number of hydrogen-bond donors (Lipinski definition) is 1. The minimum Gasteiger partial charge on any atom is -0.396 e. The number of aliphatic hydroxyl groups excluding tert-OH is 1. The van der Waals surface area contributed by atoms with Crippen LogP contribution in [0.3, 0.4) is 0 Å². The molecule has 1 aliphatic heterocycles. The highest BCUT2D eigenvalue weighted by Crippen LogP contribution is 2.50. The van der Waals surface area contributed by atoms with Crippen molar-refractivity contribution in [3.8, 4) is 0 Å². The summed E-state index contributed by atoms with van der Waals surface area (Å²) in [6.45, 7) is 9.09. The third kappa shape index (κ3) is 3.80. The summed E-state index contributed by atoms with van der Waals surface area (Å²) >= 11 is 3.66. The van der Waals surface area contributed by atoms with E-state index in [1.807, 2.05) is 0 Å². The first-order valence-electron chi connectivity index (χ1n) is 9.05.